The first-order valence-corrected chi connectivity index (χ1v) is 5.66. The highest BCUT2D eigenvalue weighted by atomic mass is 32.1. The fraction of sp³-hybridized carbons (Fsp3) is 0.0833. The van der Waals surface area contributed by atoms with Crippen LogP contribution in [0.4, 0.5) is 0 Å². The molecule has 0 radical (unpaired) electrons. The molecule has 1 aromatic carbocycles. The van der Waals surface area contributed by atoms with E-state index >= 15 is 0 Å². The number of para-hydroxylation sites is 1. The Kier molecular flexibility index (Phi) is 5.03. The van der Waals surface area contributed by atoms with E-state index in [1.54, 1.807) is 36.7 Å². The Balaban J connectivity index is 0.000000181. The molecule has 0 amide bonds. The summed E-state index contributed by atoms with van der Waals surface area (Å²) >= 11 is 1.36. The van der Waals surface area contributed by atoms with E-state index < -0.39 is 5.78 Å². The van der Waals surface area contributed by atoms with Crippen LogP contribution in [0.5, 0.6) is 5.75 Å². The van der Waals surface area contributed by atoms with Crippen LogP contribution in [0.2, 0.25) is 0 Å². The van der Waals surface area contributed by atoms with Gasteiger partial charge in [0.1, 0.15) is 11.4 Å². The van der Waals surface area contributed by atoms with Crippen molar-refractivity contribution >= 4 is 23.4 Å². The predicted molar refractivity (Wildman–Crippen MR) is 65.4 cm³/mol. The van der Waals surface area contributed by atoms with Crippen LogP contribution in [0.25, 0.3) is 0 Å². The molecule has 1 N–H and O–H groups in total. The van der Waals surface area contributed by atoms with E-state index in [2.05, 4.69) is 4.98 Å². The fourth-order valence-corrected chi connectivity index (χ4v) is 1.61. The van der Waals surface area contributed by atoms with Crippen molar-refractivity contribution in [1.82, 2.24) is 4.98 Å². The molecule has 4 nitrogen and oxygen atoms in total. The number of phenols is 1. The maximum atomic E-state index is 10.7. The Morgan fingerprint density at radius 1 is 1.35 bits per heavy atom. The maximum Gasteiger partial charge on any atom is 0.244 e. The van der Waals surface area contributed by atoms with Crippen LogP contribution in [0.1, 0.15) is 15.4 Å². The quantitative estimate of drug-likeness (QED) is 0.503. The zero-order chi connectivity index (χ0) is 12.7. The van der Waals surface area contributed by atoms with Gasteiger partial charge in [0, 0.05) is 4.88 Å². The second-order valence-electron chi connectivity index (χ2n) is 3.07. The third-order valence-corrected chi connectivity index (χ3v) is 2.60. The molecule has 1 heterocycles. The SMILES string of the molecule is Cc1scnc1C(=O)C=O.Oc1ccccc1. The van der Waals surface area contributed by atoms with Crippen molar-refractivity contribution in [3.63, 3.8) is 0 Å². The molecular weight excluding hydrogens is 238 g/mol. The molecule has 0 aliphatic carbocycles. The first-order chi connectivity index (χ1) is 8.15. The lowest BCUT2D eigenvalue weighted by Gasteiger charge is -1.84. The van der Waals surface area contributed by atoms with Crippen LogP contribution in [-0.4, -0.2) is 22.2 Å². The number of nitrogens with zero attached hydrogens (tertiary/aromatic N) is 1. The third-order valence-electron chi connectivity index (χ3n) is 1.84. The highest BCUT2D eigenvalue weighted by Gasteiger charge is 2.09. The van der Waals surface area contributed by atoms with Crippen LogP contribution in [0.15, 0.2) is 35.8 Å². The number of carbonyl (C=O) groups is 2. The lowest BCUT2D eigenvalue weighted by molar-refractivity contribution is -0.104. The summed E-state index contributed by atoms with van der Waals surface area (Å²) in [5.74, 6) is -0.221. The van der Waals surface area contributed by atoms with Gasteiger partial charge in [-0.3, -0.25) is 9.59 Å². The molecule has 2 aromatic rings. The van der Waals surface area contributed by atoms with Crippen molar-refractivity contribution in [2.24, 2.45) is 0 Å². The Hall–Kier alpha value is -2.01. The largest absolute Gasteiger partial charge is 0.508 e. The topological polar surface area (TPSA) is 67.3 Å². The van der Waals surface area contributed by atoms with E-state index in [0.717, 1.165) is 4.88 Å². The first kappa shape index (κ1) is 13.1. The Labute approximate surface area is 103 Å². The number of thiazole rings is 1. The summed E-state index contributed by atoms with van der Waals surface area (Å²) in [6.07, 6.45) is 0.280. The molecule has 0 unspecified atom stereocenters. The van der Waals surface area contributed by atoms with Gasteiger partial charge in [0.25, 0.3) is 0 Å². The maximum absolute atomic E-state index is 10.7. The molecule has 0 aliphatic rings. The Morgan fingerprint density at radius 3 is 2.35 bits per heavy atom. The second kappa shape index (κ2) is 6.55. The second-order valence-corrected chi connectivity index (χ2v) is 4.13. The molecule has 0 atom stereocenters. The number of carbonyl (C=O) groups excluding carboxylic acids is 2. The molecule has 0 aliphatic heterocycles. The van der Waals surface area contributed by atoms with Crippen molar-refractivity contribution in [3.8, 4) is 5.75 Å². The highest BCUT2D eigenvalue weighted by molar-refractivity contribution is 7.09. The number of phenolic OH excluding ortho intramolecular Hbond substituents is 1. The van der Waals surface area contributed by atoms with Crippen molar-refractivity contribution in [2.75, 3.05) is 0 Å². The molecule has 2 rings (SSSR count). The number of aromatic nitrogens is 1. The van der Waals surface area contributed by atoms with Gasteiger partial charge in [-0.2, -0.15) is 0 Å². The molecule has 17 heavy (non-hydrogen) atoms. The summed E-state index contributed by atoms with van der Waals surface area (Å²) in [6, 6.07) is 8.71. The number of hydrogen-bond donors (Lipinski definition) is 1. The number of aromatic hydroxyl groups is 1. The van der Waals surface area contributed by atoms with Gasteiger partial charge in [0.05, 0.1) is 5.51 Å². The normalized spacial score (nSPS) is 9.00. The average molecular weight is 249 g/mol. The number of Topliss-reactive ketones (excluding diaryl/α,β-unsaturated/α-hetero) is 1. The van der Waals surface area contributed by atoms with E-state index in [1.165, 1.54) is 11.3 Å². The summed E-state index contributed by atoms with van der Waals surface area (Å²) in [5, 5.41) is 8.63. The van der Waals surface area contributed by atoms with Crippen LogP contribution in [0.3, 0.4) is 0 Å². The molecule has 0 spiro atoms. The first-order valence-electron chi connectivity index (χ1n) is 4.78. The lowest BCUT2D eigenvalue weighted by Crippen LogP contribution is -2.01. The minimum absolute atomic E-state index is 0.278. The van der Waals surface area contributed by atoms with Crippen molar-refractivity contribution in [2.45, 2.75) is 6.92 Å². The van der Waals surface area contributed by atoms with E-state index in [9.17, 15) is 9.59 Å². The number of ketones is 1. The number of rotatable bonds is 2. The van der Waals surface area contributed by atoms with Crippen molar-refractivity contribution in [1.29, 1.82) is 0 Å². The summed E-state index contributed by atoms with van der Waals surface area (Å²) in [4.78, 5) is 25.2. The Bertz CT molecular complexity index is 493. The van der Waals surface area contributed by atoms with Gasteiger partial charge in [-0.1, -0.05) is 18.2 Å². The third kappa shape index (κ3) is 4.16. The molecule has 88 valence electrons. The van der Waals surface area contributed by atoms with E-state index in [0.29, 0.717) is 5.75 Å². The zero-order valence-corrected chi connectivity index (χ0v) is 9.98. The van der Waals surface area contributed by atoms with Gasteiger partial charge in [0.2, 0.25) is 5.78 Å². The monoisotopic (exact) mass is 249 g/mol. The van der Waals surface area contributed by atoms with Crippen molar-refractivity contribution < 1.29 is 14.7 Å². The minimum Gasteiger partial charge on any atom is -0.508 e. The van der Waals surface area contributed by atoms with Crippen LogP contribution in [0, 0.1) is 6.92 Å². The van der Waals surface area contributed by atoms with Gasteiger partial charge in [-0.05, 0) is 19.1 Å². The van der Waals surface area contributed by atoms with Crippen LogP contribution < -0.4 is 0 Å². The minimum atomic E-state index is -0.543. The fourth-order valence-electron chi connectivity index (χ4n) is 1.03. The van der Waals surface area contributed by atoms with Gasteiger partial charge in [0.15, 0.2) is 6.29 Å². The zero-order valence-electron chi connectivity index (χ0n) is 9.16. The van der Waals surface area contributed by atoms with Crippen LogP contribution >= 0.6 is 11.3 Å². The number of hydrogen-bond acceptors (Lipinski definition) is 5. The van der Waals surface area contributed by atoms with E-state index in [4.69, 9.17) is 5.11 Å². The molecule has 0 saturated heterocycles. The molecule has 0 fully saturated rings. The lowest BCUT2D eigenvalue weighted by atomic mass is 10.3. The predicted octanol–water partition coefficient (Wildman–Crippen LogP) is 2.23. The Morgan fingerprint density at radius 2 is 2.00 bits per heavy atom. The molecule has 1 aromatic heterocycles. The summed E-state index contributed by atoms with van der Waals surface area (Å²) in [7, 11) is 0. The summed E-state index contributed by atoms with van der Waals surface area (Å²) < 4.78 is 0. The molecule has 5 heteroatoms. The van der Waals surface area contributed by atoms with Gasteiger partial charge < -0.3 is 5.11 Å². The average Bonchev–Trinajstić information content (AvgIpc) is 2.76. The number of benzene rings is 1. The number of aryl methyl sites for hydroxylation is 1. The van der Waals surface area contributed by atoms with Crippen LogP contribution in [-0.2, 0) is 4.79 Å². The van der Waals surface area contributed by atoms with Crippen molar-refractivity contribution in [3.05, 3.63) is 46.4 Å². The standard InChI is InChI=1S/C6H5NO2S.C6H6O/c1-4-6(5(9)2-8)7-3-10-4;7-6-4-2-1-3-5-6/h2-3H,1H3;1-5,7H. The molecular formula is C12H11NO3S. The summed E-state index contributed by atoms with van der Waals surface area (Å²) in [5.41, 5.74) is 1.83. The highest BCUT2D eigenvalue weighted by Crippen LogP contribution is 2.10. The molecule has 0 bridgehead atoms. The van der Waals surface area contributed by atoms with E-state index in [-0.39, 0.29) is 12.0 Å². The van der Waals surface area contributed by atoms with Gasteiger partial charge >= 0.3 is 0 Å². The number of aldehydes is 1. The smallest absolute Gasteiger partial charge is 0.244 e. The summed E-state index contributed by atoms with van der Waals surface area (Å²) in [6.45, 7) is 1.76. The van der Waals surface area contributed by atoms with E-state index in [1.807, 2.05) is 6.07 Å². The molecule has 0 saturated carbocycles. The van der Waals surface area contributed by atoms with Gasteiger partial charge in [-0.25, -0.2) is 4.98 Å². The van der Waals surface area contributed by atoms with Gasteiger partial charge in [-0.15, -0.1) is 11.3 Å².